The highest BCUT2D eigenvalue weighted by Gasteiger charge is 2.13. The van der Waals surface area contributed by atoms with Crippen LogP contribution in [0.2, 0.25) is 0 Å². The number of hydrogen-bond acceptors (Lipinski definition) is 3. The van der Waals surface area contributed by atoms with Crippen LogP contribution in [-0.2, 0) is 4.79 Å². The lowest BCUT2D eigenvalue weighted by atomic mass is 10.3. The van der Waals surface area contributed by atoms with Gasteiger partial charge >= 0.3 is 6.03 Å². The summed E-state index contributed by atoms with van der Waals surface area (Å²) in [6.07, 6.45) is 1.98. The molecule has 0 aromatic carbocycles. The summed E-state index contributed by atoms with van der Waals surface area (Å²) in [5.41, 5.74) is 1.18. The zero-order chi connectivity index (χ0) is 11.8. The Hall–Kier alpha value is -1.36. The molecule has 0 aromatic rings. The largest absolute Gasteiger partial charge is 0.341 e. The van der Waals surface area contributed by atoms with Crippen LogP contribution in [0.4, 0.5) is 4.79 Å². The van der Waals surface area contributed by atoms with E-state index in [2.05, 4.69) is 16.0 Å². The molecule has 5 heteroatoms. The Morgan fingerprint density at radius 1 is 1.33 bits per heavy atom. The number of nitrogens with one attached hydrogen (secondary N) is 3. The molecule has 0 radical (unpaired) electrons. The molecule has 1 atom stereocenters. The number of carbonyl (C=O) groups is 2. The Morgan fingerprint density at radius 2 is 1.93 bits per heavy atom. The second-order valence-corrected chi connectivity index (χ2v) is 3.48. The average Bonchev–Trinajstić information content (AvgIpc) is 2.16. The van der Waals surface area contributed by atoms with Crippen LogP contribution in [-0.4, -0.2) is 31.6 Å². The van der Waals surface area contributed by atoms with Gasteiger partial charge < -0.3 is 10.6 Å². The summed E-state index contributed by atoms with van der Waals surface area (Å²) in [5, 5.41) is 7.48. The Labute approximate surface area is 90.3 Å². The lowest BCUT2D eigenvalue weighted by molar-refractivity contribution is -0.121. The topological polar surface area (TPSA) is 70.2 Å². The first kappa shape index (κ1) is 13.6. The van der Waals surface area contributed by atoms with Crippen molar-refractivity contribution in [2.75, 3.05) is 13.6 Å². The third-order valence-electron chi connectivity index (χ3n) is 1.79. The molecule has 0 aliphatic carbocycles. The Balaban J connectivity index is 3.89. The summed E-state index contributed by atoms with van der Waals surface area (Å²) in [5.74, 6) is -0.337. The van der Waals surface area contributed by atoms with Crippen molar-refractivity contribution in [3.05, 3.63) is 11.6 Å². The summed E-state index contributed by atoms with van der Waals surface area (Å²) in [6.45, 7) is 6.29. The van der Waals surface area contributed by atoms with Gasteiger partial charge in [-0.2, -0.15) is 0 Å². The normalized spacial score (nSPS) is 11.5. The van der Waals surface area contributed by atoms with Crippen molar-refractivity contribution < 1.29 is 9.59 Å². The molecule has 0 aromatic heterocycles. The molecule has 0 aliphatic rings. The highest BCUT2D eigenvalue weighted by atomic mass is 16.2. The summed E-state index contributed by atoms with van der Waals surface area (Å²) in [6, 6.07) is -0.881. The number of imide groups is 1. The van der Waals surface area contributed by atoms with Gasteiger partial charge in [-0.15, -0.1) is 0 Å². The lowest BCUT2D eigenvalue weighted by Crippen LogP contribution is -2.47. The molecule has 0 bridgehead atoms. The van der Waals surface area contributed by atoms with Gasteiger partial charge in [0.2, 0.25) is 5.91 Å². The Kier molecular flexibility index (Phi) is 6.37. The predicted octanol–water partition coefficient (Wildman–Crippen LogP) is 0.386. The number of urea groups is 1. The maximum Gasteiger partial charge on any atom is 0.321 e. The van der Waals surface area contributed by atoms with Crippen molar-refractivity contribution in [3.8, 4) is 0 Å². The van der Waals surface area contributed by atoms with Crippen LogP contribution in [0, 0.1) is 0 Å². The molecule has 5 nitrogen and oxygen atoms in total. The molecule has 3 amide bonds. The van der Waals surface area contributed by atoms with Crippen LogP contribution in [0.3, 0.4) is 0 Å². The van der Waals surface area contributed by atoms with Crippen LogP contribution >= 0.6 is 0 Å². The number of rotatable bonds is 4. The fourth-order valence-electron chi connectivity index (χ4n) is 0.815. The molecule has 3 N–H and O–H groups in total. The maximum atomic E-state index is 11.3. The Bertz CT molecular complexity index is 257. The van der Waals surface area contributed by atoms with Gasteiger partial charge in [0.05, 0.1) is 6.04 Å². The molecule has 1 unspecified atom stereocenters. The second kappa shape index (κ2) is 7.00. The lowest BCUT2D eigenvalue weighted by Gasteiger charge is -2.11. The van der Waals surface area contributed by atoms with E-state index in [-0.39, 0.29) is 5.91 Å². The third-order valence-corrected chi connectivity index (χ3v) is 1.79. The SMILES string of the molecule is CNC(=O)NC(=O)C(C)NCC=C(C)C. The van der Waals surface area contributed by atoms with E-state index in [9.17, 15) is 9.59 Å². The molecule has 15 heavy (non-hydrogen) atoms. The molecular formula is C10H19N3O2. The summed E-state index contributed by atoms with van der Waals surface area (Å²) in [7, 11) is 1.46. The molecule has 0 rings (SSSR count). The minimum absolute atomic E-state index is 0.337. The fourth-order valence-corrected chi connectivity index (χ4v) is 0.815. The van der Waals surface area contributed by atoms with Crippen molar-refractivity contribution >= 4 is 11.9 Å². The number of amides is 3. The van der Waals surface area contributed by atoms with Crippen LogP contribution in [0.5, 0.6) is 0 Å². The highest BCUT2D eigenvalue weighted by Crippen LogP contribution is 1.87. The van der Waals surface area contributed by atoms with Crippen molar-refractivity contribution in [2.45, 2.75) is 26.8 Å². The van der Waals surface area contributed by atoms with E-state index in [0.29, 0.717) is 6.54 Å². The summed E-state index contributed by atoms with van der Waals surface area (Å²) >= 11 is 0. The molecule has 0 spiro atoms. The zero-order valence-corrected chi connectivity index (χ0v) is 9.68. The van der Waals surface area contributed by atoms with Crippen molar-refractivity contribution in [1.29, 1.82) is 0 Å². The molecule has 0 fully saturated rings. The Morgan fingerprint density at radius 3 is 2.40 bits per heavy atom. The zero-order valence-electron chi connectivity index (χ0n) is 9.68. The molecule has 0 saturated carbocycles. The van der Waals surface area contributed by atoms with Crippen molar-refractivity contribution in [3.63, 3.8) is 0 Å². The summed E-state index contributed by atoms with van der Waals surface area (Å²) in [4.78, 5) is 22.2. The quantitative estimate of drug-likeness (QED) is 0.591. The summed E-state index contributed by atoms with van der Waals surface area (Å²) < 4.78 is 0. The average molecular weight is 213 g/mol. The maximum absolute atomic E-state index is 11.3. The smallest absolute Gasteiger partial charge is 0.321 e. The van der Waals surface area contributed by atoms with E-state index in [4.69, 9.17) is 0 Å². The van der Waals surface area contributed by atoms with Gasteiger partial charge in [0.15, 0.2) is 0 Å². The van der Waals surface area contributed by atoms with Gasteiger partial charge in [0.1, 0.15) is 0 Å². The fraction of sp³-hybridized carbons (Fsp3) is 0.600. The van der Waals surface area contributed by atoms with Gasteiger partial charge in [-0.1, -0.05) is 11.6 Å². The third kappa shape index (κ3) is 6.68. The van der Waals surface area contributed by atoms with Gasteiger partial charge in [-0.25, -0.2) is 4.79 Å². The first-order valence-corrected chi connectivity index (χ1v) is 4.86. The van der Waals surface area contributed by atoms with E-state index in [1.807, 2.05) is 19.9 Å². The minimum atomic E-state index is -0.490. The van der Waals surface area contributed by atoms with Crippen molar-refractivity contribution in [1.82, 2.24) is 16.0 Å². The molecule has 0 heterocycles. The van der Waals surface area contributed by atoms with E-state index in [1.165, 1.54) is 12.6 Å². The molecule has 0 aliphatic heterocycles. The highest BCUT2D eigenvalue weighted by molar-refractivity contribution is 5.96. The number of hydrogen-bond donors (Lipinski definition) is 3. The van der Waals surface area contributed by atoms with E-state index < -0.39 is 12.1 Å². The van der Waals surface area contributed by atoms with Gasteiger partial charge in [-0.05, 0) is 20.8 Å². The first-order chi connectivity index (χ1) is 6.97. The van der Waals surface area contributed by atoms with E-state index in [1.54, 1.807) is 6.92 Å². The molecule has 86 valence electrons. The van der Waals surface area contributed by atoms with Crippen LogP contribution in [0.15, 0.2) is 11.6 Å². The number of carbonyl (C=O) groups excluding carboxylic acids is 2. The first-order valence-electron chi connectivity index (χ1n) is 4.86. The van der Waals surface area contributed by atoms with E-state index in [0.717, 1.165) is 0 Å². The predicted molar refractivity (Wildman–Crippen MR) is 59.5 cm³/mol. The monoisotopic (exact) mass is 213 g/mol. The van der Waals surface area contributed by atoms with Gasteiger partial charge in [-0.3, -0.25) is 10.1 Å². The standard InChI is InChI=1S/C10H19N3O2/c1-7(2)5-6-12-8(3)9(14)13-10(15)11-4/h5,8,12H,6H2,1-4H3,(H2,11,13,14,15). The van der Waals surface area contributed by atoms with Crippen molar-refractivity contribution in [2.24, 2.45) is 0 Å². The number of allylic oxidation sites excluding steroid dienone is 1. The minimum Gasteiger partial charge on any atom is -0.341 e. The van der Waals surface area contributed by atoms with Crippen LogP contribution in [0.25, 0.3) is 0 Å². The molecular weight excluding hydrogens is 194 g/mol. The van der Waals surface area contributed by atoms with Crippen LogP contribution < -0.4 is 16.0 Å². The van der Waals surface area contributed by atoms with Gasteiger partial charge in [0, 0.05) is 13.6 Å². The van der Waals surface area contributed by atoms with Gasteiger partial charge in [0.25, 0.3) is 0 Å². The van der Waals surface area contributed by atoms with E-state index >= 15 is 0 Å². The van der Waals surface area contributed by atoms with Crippen LogP contribution in [0.1, 0.15) is 20.8 Å². The molecule has 0 saturated heterocycles. The second-order valence-electron chi connectivity index (χ2n) is 3.48.